The van der Waals surface area contributed by atoms with Crippen LogP contribution in [-0.4, -0.2) is 17.2 Å². The summed E-state index contributed by atoms with van der Waals surface area (Å²) in [7, 11) is 0. The van der Waals surface area contributed by atoms with Crippen molar-refractivity contribution >= 4 is 5.97 Å². The maximum absolute atomic E-state index is 10.2. The first kappa shape index (κ1) is 24.4. The Morgan fingerprint density at radius 3 is 2.27 bits per heavy atom. The third kappa shape index (κ3) is 20.2. The monoisotopic (exact) mass is 320 g/mol. The van der Waals surface area contributed by atoms with Gasteiger partial charge in [0.1, 0.15) is 0 Å². The van der Waals surface area contributed by atoms with Gasteiger partial charge in [-0.3, -0.25) is 0 Å². The Bertz CT molecular complexity index is 267. The molecule has 0 aliphatic rings. The smallest absolute Gasteiger partial charge is 0.550 e. The number of allylic oxidation sites excluding steroid dienone is 1. The predicted molar refractivity (Wildman–Crippen MR) is 85.8 cm³/mol. The van der Waals surface area contributed by atoms with Crippen LogP contribution in [-0.2, 0) is 4.79 Å². The van der Waals surface area contributed by atoms with Gasteiger partial charge in [-0.2, -0.15) is 0 Å². The van der Waals surface area contributed by atoms with Crippen molar-refractivity contribution in [2.24, 2.45) is 0 Å². The zero-order chi connectivity index (χ0) is 15.8. The summed E-state index contributed by atoms with van der Waals surface area (Å²) < 4.78 is 0. The van der Waals surface area contributed by atoms with E-state index >= 15 is 0 Å². The Labute approximate surface area is 158 Å². The number of hydrogen-bond acceptors (Lipinski definition) is 3. The van der Waals surface area contributed by atoms with E-state index in [0.717, 1.165) is 51.4 Å². The third-order valence-corrected chi connectivity index (χ3v) is 3.71. The molecule has 1 N–H and O–H groups in total. The number of aliphatic hydroxyl groups excluding tert-OH is 1. The van der Waals surface area contributed by atoms with Gasteiger partial charge in [0.2, 0.25) is 0 Å². The van der Waals surface area contributed by atoms with Gasteiger partial charge in [0.15, 0.2) is 0 Å². The molecule has 0 saturated heterocycles. The number of carbonyl (C=O) groups is 1. The molecule has 0 amide bonds. The Morgan fingerprint density at radius 1 is 1.00 bits per heavy atom. The Kier molecular flexibility index (Phi) is 21.3. The molecule has 0 aromatic rings. The van der Waals surface area contributed by atoms with Crippen molar-refractivity contribution in [2.45, 2.75) is 96.5 Å². The molecule has 0 rings (SSSR count). The molecule has 0 spiro atoms. The Morgan fingerprint density at radius 2 is 1.59 bits per heavy atom. The first-order valence-electron chi connectivity index (χ1n) is 8.71. The fourth-order valence-electron chi connectivity index (χ4n) is 2.37. The van der Waals surface area contributed by atoms with Gasteiger partial charge in [0, 0.05) is 5.97 Å². The maximum Gasteiger partial charge on any atom is 1.00 e. The van der Waals surface area contributed by atoms with Crippen LogP contribution in [0.4, 0.5) is 0 Å². The minimum absolute atomic E-state index is 0. The summed E-state index contributed by atoms with van der Waals surface area (Å²) >= 11 is 0. The van der Waals surface area contributed by atoms with Crippen LogP contribution in [0.15, 0.2) is 12.2 Å². The zero-order valence-electron chi connectivity index (χ0n) is 14.7. The molecule has 0 saturated carbocycles. The van der Waals surface area contributed by atoms with Crippen molar-refractivity contribution in [1.82, 2.24) is 0 Å². The van der Waals surface area contributed by atoms with E-state index < -0.39 is 5.97 Å². The van der Waals surface area contributed by atoms with Gasteiger partial charge in [0.25, 0.3) is 0 Å². The first-order valence-corrected chi connectivity index (χ1v) is 8.71. The molecule has 4 heteroatoms. The van der Waals surface area contributed by atoms with Crippen molar-refractivity contribution in [3.8, 4) is 0 Å². The number of aliphatic carboxylic acids is 1. The third-order valence-electron chi connectivity index (χ3n) is 3.71. The van der Waals surface area contributed by atoms with E-state index in [1.807, 2.05) is 6.08 Å². The number of aliphatic hydroxyl groups is 1. The van der Waals surface area contributed by atoms with Gasteiger partial charge < -0.3 is 15.0 Å². The molecule has 0 aromatic carbocycles. The van der Waals surface area contributed by atoms with Gasteiger partial charge in [-0.15, -0.1) is 0 Å². The Balaban J connectivity index is 0. The standard InChI is InChI=1S/C18H34O3.Na/c1-2-3-4-8-11-14-17(19)15-12-9-6-5-7-10-13-16-18(20)21;/h12,15,17,19H,2-11,13-14,16H2,1H3,(H,20,21);/q;+1/p-1/b15-12-;. The molecular formula is C18H33NaO3. The van der Waals surface area contributed by atoms with Crippen LogP contribution in [0.2, 0.25) is 0 Å². The maximum atomic E-state index is 10.2. The topological polar surface area (TPSA) is 60.4 Å². The van der Waals surface area contributed by atoms with Crippen LogP contribution in [0, 0.1) is 0 Å². The summed E-state index contributed by atoms with van der Waals surface area (Å²) in [5.41, 5.74) is 0. The van der Waals surface area contributed by atoms with E-state index in [0.29, 0.717) is 0 Å². The van der Waals surface area contributed by atoms with Crippen LogP contribution in [0.5, 0.6) is 0 Å². The average molecular weight is 320 g/mol. The first-order chi connectivity index (χ1) is 10.2. The molecule has 0 bridgehead atoms. The number of rotatable bonds is 15. The number of hydrogen-bond donors (Lipinski definition) is 1. The second-order valence-corrected chi connectivity index (χ2v) is 5.88. The van der Waals surface area contributed by atoms with Crippen LogP contribution >= 0.6 is 0 Å². The van der Waals surface area contributed by atoms with Crippen molar-refractivity contribution in [3.05, 3.63) is 12.2 Å². The summed E-state index contributed by atoms with van der Waals surface area (Å²) in [5.74, 6) is -0.943. The van der Waals surface area contributed by atoms with Gasteiger partial charge in [-0.1, -0.05) is 70.4 Å². The van der Waals surface area contributed by atoms with Gasteiger partial charge >= 0.3 is 29.6 Å². The van der Waals surface area contributed by atoms with E-state index in [2.05, 4.69) is 13.0 Å². The quantitative estimate of drug-likeness (QED) is 0.275. The van der Waals surface area contributed by atoms with Gasteiger partial charge in [-0.25, -0.2) is 0 Å². The molecule has 0 aliphatic carbocycles. The van der Waals surface area contributed by atoms with Crippen LogP contribution in [0.25, 0.3) is 0 Å². The van der Waals surface area contributed by atoms with E-state index in [-0.39, 0.29) is 42.1 Å². The molecule has 1 unspecified atom stereocenters. The van der Waals surface area contributed by atoms with Crippen molar-refractivity contribution in [1.29, 1.82) is 0 Å². The molecule has 0 aromatic heterocycles. The summed E-state index contributed by atoms with van der Waals surface area (Å²) in [4.78, 5) is 10.2. The van der Waals surface area contributed by atoms with Crippen LogP contribution in [0.3, 0.4) is 0 Å². The van der Waals surface area contributed by atoms with E-state index in [9.17, 15) is 15.0 Å². The van der Waals surface area contributed by atoms with E-state index in [1.54, 1.807) is 0 Å². The molecule has 0 fully saturated rings. The van der Waals surface area contributed by atoms with Gasteiger partial charge in [0.05, 0.1) is 6.10 Å². The molecule has 3 nitrogen and oxygen atoms in total. The summed E-state index contributed by atoms with van der Waals surface area (Å²) in [6.45, 7) is 2.21. The normalized spacial score (nSPS) is 12.3. The second kappa shape index (κ2) is 19.2. The SMILES string of the molecule is CCCCCCCC(O)/C=C\CCCCCCCC(=O)[O-].[Na+]. The molecule has 0 heterocycles. The Hall–Kier alpha value is 0.170. The van der Waals surface area contributed by atoms with E-state index in [4.69, 9.17) is 0 Å². The van der Waals surface area contributed by atoms with E-state index in [1.165, 1.54) is 25.7 Å². The summed E-state index contributed by atoms with van der Waals surface area (Å²) in [6.07, 6.45) is 17.0. The minimum Gasteiger partial charge on any atom is -0.550 e. The van der Waals surface area contributed by atoms with Crippen molar-refractivity contribution in [2.75, 3.05) is 0 Å². The summed E-state index contributed by atoms with van der Waals surface area (Å²) in [6, 6.07) is 0. The number of carbonyl (C=O) groups excluding carboxylic acids is 1. The number of unbranched alkanes of at least 4 members (excludes halogenated alkanes) is 9. The van der Waals surface area contributed by atoms with Crippen molar-refractivity contribution < 1.29 is 44.6 Å². The fraction of sp³-hybridized carbons (Fsp3) is 0.833. The molecule has 22 heavy (non-hydrogen) atoms. The molecule has 0 aliphatic heterocycles. The van der Waals surface area contributed by atoms with Crippen LogP contribution < -0.4 is 34.7 Å². The fourth-order valence-corrected chi connectivity index (χ4v) is 2.37. The second-order valence-electron chi connectivity index (χ2n) is 5.88. The van der Waals surface area contributed by atoms with Gasteiger partial charge in [-0.05, 0) is 32.1 Å². The van der Waals surface area contributed by atoms with Crippen molar-refractivity contribution in [3.63, 3.8) is 0 Å². The number of carboxylic acid groups (broad SMARTS) is 1. The predicted octanol–water partition coefficient (Wildman–Crippen LogP) is 0.749. The van der Waals surface area contributed by atoms with Crippen LogP contribution in [0.1, 0.15) is 90.4 Å². The average Bonchev–Trinajstić information content (AvgIpc) is 2.45. The number of carboxylic acids is 1. The molecule has 1 atom stereocenters. The largest absolute Gasteiger partial charge is 1.00 e. The molecular weight excluding hydrogens is 287 g/mol. The minimum atomic E-state index is -0.943. The summed E-state index contributed by atoms with van der Waals surface area (Å²) in [5, 5.41) is 20.0. The molecule has 124 valence electrons. The zero-order valence-corrected chi connectivity index (χ0v) is 16.7. The molecule has 0 radical (unpaired) electrons.